The zero-order chi connectivity index (χ0) is 18.1. The van der Waals surface area contributed by atoms with Gasteiger partial charge in [-0.3, -0.25) is 9.59 Å². The van der Waals surface area contributed by atoms with E-state index in [-0.39, 0.29) is 18.4 Å². The zero-order valence-electron chi connectivity index (χ0n) is 15.1. The lowest BCUT2D eigenvalue weighted by Gasteiger charge is -2.33. The molecule has 1 saturated carbocycles. The maximum absolute atomic E-state index is 12.6. The Bertz CT molecular complexity index is 594. The number of anilines is 1. The highest BCUT2D eigenvalue weighted by Gasteiger charge is 2.24. The Morgan fingerprint density at radius 3 is 2.64 bits per heavy atom. The molecular formula is C20H29N3O2. The van der Waals surface area contributed by atoms with Gasteiger partial charge in [0.15, 0.2) is 0 Å². The van der Waals surface area contributed by atoms with Gasteiger partial charge >= 0.3 is 0 Å². The minimum Gasteiger partial charge on any atom is -0.376 e. The van der Waals surface area contributed by atoms with Crippen molar-refractivity contribution >= 4 is 17.5 Å². The van der Waals surface area contributed by atoms with Gasteiger partial charge in [0.1, 0.15) is 0 Å². The number of carbonyl (C=O) groups excluding carboxylic acids is 2. The number of amides is 2. The van der Waals surface area contributed by atoms with E-state index in [0.717, 1.165) is 19.4 Å². The third kappa shape index (κ3) is 5.34. The number of rotatable bonds is 8. The van der Waals surface area contributed by atoms with Crippen LogP contribution in [0.4, 0.5) is 5.69 Å². The number of hydrogen-bond donors (Lipinski definition) is 2. The molecule has 0 aromatic heterocycles. The van der Waals surface area contributed by atoms with E-state index in [9.17, 15) is 9.59 Å². The summed E-state index contributed by atoms with van der Waals surface area (Å²) in [5.74, 6) is -0.0780. The maximum Gasteiger partial charge on any atom is 0.253 e. The van der Waals surface area contributed by atoms with Gasteiger partial charge in [0.05, 0.1) is 12.1 Å². The molecule has 0 heterocycles. The molecule has 1 aromatic carbocycles. The molecule has 1 aliphatic carbocycles. The SMILES string of the molecule is C=CCNC(=O)c1ccccc1NCC(=O)N(CC)C1CCCCC1. The molecular weight excluding hydrogens is 314 g/mol. The van der Waals surface area contributed by atoms with Crippen LogP contribution in [0.15, 0.2) is 36.9 Å². The number of benzene rings is 1. The van der Waals surface area contributed by atoms with Crippen molar-refractivity contribution in [3.63, 3.8) is 0 Å². The van der Waals surface area contributed by atoms with Crippen LogP contribution in [0, 0.1) is 0 Å². The third-order valence-corrected chi connectivity index (χ3v) is 4.69. The Kier molecular flexibility index (Phi) is 7.51. The molecule has 2 N–H and O–H groups in total. The number of nitrogens with zero attached hydrogens (tertiary/aromatic N) is 1. The number of hydrogen-bond acceptors (Lipinski definition) is 3. The van der Waals surface area contributed by atoms with Crippen LogP contribution in [0.2, 0.25) is 0 Å². The highest BCUT2D eigenvalue weighted by atomic mass is 16.2. The van der Waals surface area contributed by atoms with Gasteiger partial charge in [-0.1, -0.05) is 37.5 Å². The molecule has 1 aromatic rings. The summed E-state index contributed by atoms with van der Waals surface area (Å²) < 4.78 is 0. The van der Waals surface area contributed by atoms with E-state index in [1.54, 1.807) is 12.1 Å². The van der Waals surface area contributed by atoms with Crippen molar-refractivity contribution < 1.29 is 9.59 Å². The largest absolute Gasteiger partial charge is 0.376 e. The van der Waals surface area contributed by atoms with Crippen LogP contribution in [-0.2, 0) is 4.79 Å². The number of likely N-dealkylation sites (N-methyl/N-ethyl adjacent to an activating group) is 1. The van der Waals surface area contributed by atoms with Crippen LogP contribution in [0.3, 0.4) is 0 Å². The lowest BCUT2D eigenvalue weighted by Crippen LogP contribution is -2.44. The third-order valence-electron chi connectivity index (χ3n) is 4.69. The summed E-state index contributed by atoms with van der Waals surface area (Å²) in [4.78, 5) is 26.8. The second-order valence-corrected chi connectivity index (χ2v) is 6.37. The van der Waals surface area contributed by atoms with E-state index < -0.39 is 0 Å². The van der Waals surface area contributed by atoms with E-state index in [1.165, 1.54) is 19.3 Å². The number of para-hydroxylation sites is 1. The normalized spacial score (nSPS) is 14.6. The van der Waals surface area contributed by atoms with Crippen LogP contribution in [0.25, 0.3) is 0 Å². The molecule has 0 atom stereocenters. The van der Waals surface area contributed by atoms with Crippen LogP contribution in [0.5, 0.6) is 0 Å². The first-order valence-corrected chi connectivity index (χ1v) is 9.18. The predicted octanol–water partition coefficient (Wildman–Crippen LogP) is 3.20. The first-order chi connectivity index (χ1) is 12.2. The molecule has 0 spiro atoms. The highest BCUT2D eigenvalue weighted by Crippen LogP contribution is 2.23. The van der Waals surface area contributed by atoms with Gasteiger partial charge in [0.2, 0.25) is 5.91 Å². The Hall–Kier alpha value is -2.30. The molecule has 2 amide bonds. The van der Waals surface area contributed by atoms with Gasteiger partial charge < -0.3 is 15.5 Å². The standard InChI is InChI=1S/C20H29N3O2/c1-3-14-21-20(25)17-12-8-9-13-18(17)22-15-19(24)23(4-2)16-10-6-5-7-11-16/h3,8-9,12-13,16,22H,1,4-7,10-11,14-15H2,2H3,(H,21,25). The Balaban J connectivity index is 1.98. The first kappa shape index (κ1) is 19.0. The quantitative estimate of drug-likeness (QED) is 0.713. The van der Waals surface area contributed by atoms with Gasteiger partial charge in [0, 0.05) is 24.8 Å². The Morgan fingerprint density at radius 2 is 1.96 bits per heavy atom. The summed E-state index contributed by atoms with van der Waals surface area (Å²) in [7, 11) is 0. The summed E-state index contributed by atoms with van der Waals surface area (Å²) in [6, 6.07) is 7.61. The van der Waals surface area contributed by atoms with Crippen molar-refractivity contribution in [1.29, 1.82) is 0 Å². The molecule has 0 aliphatic heterocycles. The summed E-state index contributed by atoms with van der Waals surface area (Å²) in [5.41, 5.74) is 1.22. The van der Waals surface area contributed by atoms with Crippen LogP contribution in [0.1, 0.15) is 49.4 Å². The average Bonchev–Trinajstić information content (AvgIpc) is 2.66. The highest BCUT2D eigenvalue weighted by molar-refractivity contribution is 6.00. The molecule has 1 aliphatic rings. The van der Waals surface area contributed by atoms with Crippen LogP contribution < -0.4 is 10.6 Å². The van der Waals surface area contributed by atoms with E-state index in [4.69, 9.17) is 0 Å². The summed E-state index contributed by atoms with van der Waals surface area (Å²) in [5, 5.41) is 5.92. The maximum atomic E-state index is 12.6. The van der Waals surface area contributed by atoms with Crippen molar-refractivity contribution in [2.45, 2.75) is 45.1 Å². The zero-order valence-corrected chi connectivity index (χ0v) is 15.1. The van der Waals surface area contributed by atoms with E-state index >= 15 is 0 Å². The van der Waals surface area contributed by atoms with Crippen molar-refractivity contribution in [2.24, 2.45) is 0 Å². The Labute approximate surface area is 150 Å². The molecule has 0 saturated heterocycles. The van der Waals surface area contributed by atoms with Crippen LogP contribution in [-0.4, -0.2) is 42.4 Å². The lowest BCUT2D eigenvalue weighted by atomic mass is 9.94. The minimum absolute atomic E-state index is 0.0932. The average molecular weight is 343 g/mol. The molecule has 2 rings (SSSR count). The van der Waals surface area contributed by atoms with E-state index in [1.807, 2.05) is 30.0 Å². The topological polar surface area (TPSA) is 61.4 Å². The molecule has 0 bridgehead atoms. The Morgan fingerprint density at radius 1 is 1.24 bits per heavy atom. The van der Waals surface area contributed by atoms with E-state index in [0.29, 0.717) is 23.8 Å². The molecule has 5 nitrogen and oxygen atoms in total. The van der Waals surface area contributed by atoms with Gasteiger partial charge in [-0.05, 0) is 31.9 Å². The number of carbonyl (C=O) groups is 2. The lowest BCUT2D eigenvalue weighted by molar-refractivity contribution is -0.132. The molecule has 1 fully saturated rings. The van der Waals surface area contributed by atoms with Gasteiger partial charge in [-0.2, -0.15) is 0 Å². The summed E-state index contributed by atoms with van der Waals surface area (Å²) in [6.07, 6.45) is 7.51. The van der Waals surface area contributed by atoms with Crippen molar-refractivity contribution in [3.8, 4) is 0 Å². The number of nitrogens with one attached hydrogen (secondary N) is 2. The fourth-order valence-electron chi connectivity index (χ4n) is 3.40. The monoisotopic (exact) mass is 343 g/mol. The molecule has 25 heavy (non-hydrogen) atoms. The first-order valence-electron chi connectivity index (χ1n) is 9.18. The van der Waals surface area contributed by atoms with Crippen molar-refractivity contribution in [1.82, 2.24) is 10.2 Å². The molecule has 136 valence electrons. The fourth-order valence-corrected chi connectivity index (χ4v) is 3.40. The summed E-state index contributed by atoms with van der Waals surface area (Å²) >= 11 is 0. The second kappa shape index (κ2) is 9.87. The van der Waals surface area contributed by atoms with Crippen LogP contribution >= 0.6 is 0 Å². The summed E-state index contributed by atoms with van der Waals surface area (Å²) in [6.45, 7) is 6.98. The van der Waals surface area contributed by atoms with E-state index in [2.05, 4.69) is 17.2 Å². The predicted molar refractivity (Wildman–Crippen MR) is 102 cm³/mol. The molecule has 0 unspecified atom stereocenters. The van der Waals surface area contributed by atoms with Crippen molar-refractivity contribution in [2.75, 3.05) is 25.0 Å². The fraction of sp³-hybridized carbons (Fsp3) is 0.500. The molecule has 5 heteroatoms. The van der Waals surface area contributed by atoms with Gasteiger partial charge in [-0.25, -0.2) is 0 Å². The van der Waals surface area contributed by atoms with Crippen molar-refractivity contribution in [3.05, 3.63) is 42.5 Å². The smallest absolute Gasteiger partial charge is 0.253 e. The minimum atomic E-state index is -0.171. The molecule has 0 radical (unpaired) electrons. The second-order valence-electron chi connectivity index (χ2n) is 6.37. The van der Waals surface area contributed by atoms with Gasteiger partial charge in [-0.15, -0.1) is 6.58 Å². The van der Waals surface area contributed by atoms with Gasteiger partial charge in [0.25, 0.3) is 5.91 Å².